The highest BCUT2D eigenvalue weighted by Crippen LogP contribution is 2.15. The average molecular weight is 679 g/mol. The van der Waals surface area contributed by atoms with Crippen molar-refractivity contribution in [3.05, 3.63) is 24.8 Å². The maximum absolute atomic E-state index is 13.1. The molecule has 0 heterocycles. The van der Waals surface area contributed by atoms with Gasteiger partial charge in [-0.1, -0.05) is 24.1 Å². The molecule has 0 radical (unpaired) electrons. The van der Waals surface area contributed by atoms with E-state index in [4.69, 9.17) is 25.4 Å². The van der Waals surface area contributed by atoms with Crippen LogP contribution in [-0.4, -0.2) is 119 Å². The molecule has 0 aromatic carbocycles. The number of terminal acetylenes is 1. The van der Waals surface area contributed by atoms with Gasteiger partial charge in [-0.2, -0.15) is 0 Å². The van der Waals surface area contributed by atoms with Crippen LogP contribution < -0.4 is 0 Å². The Kier molecular flexibility index (Phi) is 18.2. The molecular weight excluding hydrogens is 616 g/mol. The highest BCUT2D eigenvalue weighted by atomic mass is 16.6. The maximum atomic E-state index is 13.1. The minimum Gasteiger partial charge on any atom is -0.444 e. The number of carbonyl (C=O) groups is 4. The Balaban J connectivity index is 5.68. The Morgan fingerprint density at radius 2 is 0.812 bits per heavy atom. The molecule has 0 saturated carbocycles. The van der Waals surface area contributed by atoms with Gasteiger partial charge in [0.1, 0.15) is 22.4 Å². The van der Waals surface area contributed by atoms with Crippen LogP contribution in [0.15, 0.2) is 24.8 Å². The molecule has 0 spiro atoms. The first kappa shape index (κ1) is 44.1. The third-order valence-electron chi connectivity index (χ3n) is 5.77. The lowest BCUT2D eigenvalue weighted by Gasteiger charge is -2.29. The lowest BCUT2D eigenvalue weighted by Crippen LogP contribution is -2.41. The Labute approximate surface area is 289 Å². The van der Waals surface area contributed by atoms with Crippen molar-refractivity contribution >= 4 is 24.4 Å². The Hall–Kier alpha value is -3.88. The van der Waals surface area contributed by atoms with Crippen molar-refractivity contribution in [3.8, 4) is 12.3 Å². The molecule has 274 valence electrons. The zero-order chi connectivity index (χ0) is 37.3. The molecule has 0 aliphatic heterocycles. The first-order chi connectivity index (χ1) is 21.9. The summed E-state index contributed by atoms with van der Waals surface area (Å²) in [6.07, 6.45) is 9.56. The van der Waals surface area contributed by atoms with Gasteiger partial charge < -0.3 is 33.6 Å². The summed E-state index contributed by atoms with van der Waals surface area (Å²) >= 11 is 0. The minimum atomic E-state index is -0.711. The van der Waals surface area contributed by atoms with Gasteiger partial charge in [0.15, 0.2) is 0 Å². The summed E-state index contributed by atoms with van der Waals surface area (Å²) in [4.78, 5) is 57.5. The van der Waals surface area contributed by atoms with Gasteiger partial charge in [0.05, 0.1) is 6.54 Å². The van der Waals surface area contributed by atoms with E-state index in [2.05, 4.69) is 12.5 Å². The molecule has 0 atom stereocenters. The zero-order valence-electron chi connectivity index (χ0n) is 31.6. The third-order valence-corrected chi connectivity index (χ3v) is 5.77. The molecule has 0 N–H and O–H groups in total. The number of hydrogen-bond acceptors (Lipinski definition) is 8. The van der Waals surface area contributed by atoms with Gasteiger partial charge in [-0.15, -0.1) is 13.0 Å². The van der Waals surface area contributed by atoms with Crippen molar-refractivity contribution in [1.29, 1.82) is 0 Å². The van der Waals surface area contributed by atoms with Crippen molar-refractivity contribution in [3.63, 3.8) is 0 Å². The molecule has 0 fully saturated rings. The molecule has 0 aliphatic carbocycles. The molecular formula is C36H62N4O8. The van der Waals surface area contributed by atoms with Gasteiger partial charge in [-0.05, 0) is 95.9 Å². The molecule has 0 rings (SSSR count). The van der Waals surface area contributed by atoms with Crippen molar-refractivity contribution in [2.45, 2.75) is 118 Å². The Bertz CT molecular complexity index is 1120. The Morgan fingerprint density at radius 1 is 0.542 bits per heavy atom. The second-order valence-corrected chi connectivity index (χ2v) is 15.4. The van der Waals surface area contributed by atoms with Gasteiger partial charge in [-0.25, -0.2) is 19.2 Å². The second-order valence-electron chi connectivity index (χ2n) is 15.4. The zero-order valence-corrected chi connectivity index (χ0v) is 31.6. The fourth-order valence-corrected chi connectivity index (χ4v) is 3.89. The molecule has 0 saturated heterocycles. The van der Waals surface area contributed by atoms with Crippen LogP contribution in [0.3, 0.4) is 0 Å². The number of hydrogen-bond donors (Lipinski definition) is 0. The van der Waals surface area contributed by atoms with E-state index < -0.39 is 46.8 Å². The monoisotopic (exact) mass is 678 g/mol. The normalized spacial score (nSPS) is 12.1. The van der Waals surface area contributed by atoms with Gasteiger partial charge in [0, 0.05) is 45.8 Å². The van der Waals surface area contributed by atoms with E-state index in [1.807, 2.05) is 0 Å². The number of nitrogens with zero attached hydrogens (tertiary/aromatic N) is 4. The minimum absolute atomic E-state index is 0.0743. The van der Waals surface area contributed by atoms with E-state index >= 15 is 0 Å². The maximum Gasteiger partial charge on any atom is 0.411 e. The van der Waals surface area contributed by atoms with Gasteiger partial charge in [0.2, 0.25) is 0 Å². The number of rotatable bonds is 15. The van der Waals surface area contributed by atoms with Crippen LogP contribution in [0, 0.1) is 12.3 Å². The van der Waals surface area contributed by atoms with E-state index in [1.54, 1.807) is 106 Å². The number of amides is 4. The largest absolute Gasteiger partial charge is 0.444 e. The van der Waals surface area contributed by atoms with Gasteiger partial charge >= 0.3 is 24.4 Å². The molecule has 0 aromatic heterocycles. The highest BCUT2D eigenvalue weighted by molar-refractivity contribution is 5.70. The van der Waals surface area contributed by atoms with E-state index in [-0.39, 0.29) is 32.7 Å². The summed E-state index contributed by atoms with van der Waals surface area (Å²) in [6.45, 7) is 27.2. The van der Waals surface area contributed by atoms with Crippen molar-refractivity contribution in [2.75, 3.05) is 52.4 Å². The first-order valence-electron chi connectivity index (χ1n) is 16.5. The summed E-state index contributed by atoms with van der Waals surface area (Å²) in [5.41, 5.74) is -2.73. The summed E-state index contributed by atoms with van der Waals surface area (Å²) in [5, 5.41) is 0. The summed E-state index contributed by atoms with van der Waals surface area (Å²) in [6, 6.07) is 0. The predicted octanol–water partition coefficient (Wildman–Crippen LogP) is 7.09. The van der Waals surface area contributed by atoms with Crippen LogP contribution in [0.1, 0.15) is 95.9 Å². The van der Waals surface area contributed by atoms with Crippen LogP contribution in [0.4, 0.5) is 19.2 Å². The summed E-state index contributed by atoms with van der Waals surface area (Å²) < 4.78 is 22.2. The van der Waals surface area contributed by atoms with Gasteiger partial charge in [0.25, 0.3) is 0 Å². The van der Waals surface area contributed by atoms with Crippen molar-refractivity contribution in [1.82, 2.24) is 19.6 Å². The lowest BCUT2D eigenvalue weighted by molar-refractivity contribution is 0.0207. The van der Waals surface area contributed by atoms with E-state index in [0.29, 0.717) is 32.5 Å². The molecule has 0 unspecified atom stereocenters. The summed E-state index contributed by atoms with van der Waals surface area (Å²) in [7, 11) is 0. The molecule has 0 aromatic rings. The quantitative estimate of drug-likeness (QED) is 0.102. The average Bonchev–Trinajstić information content (AvgIpc) is 2.88. The molecule has 12 heteroatoms. The van der Waals surface area contributed by atoms with Crippen LogP contribution in [-0.2, 0) is 18.9 Å². The SMILES string of the molecule is C#CCN(CCCN(CC=CCN(CCCN(CC=C)C(=O)OC(C)(C)C)C(=O)OC(C)(C)C)C(=O)OC(C)(C)C)C(=O)OC(C)(C)C. The second kappa shape index (κ2) is 19.8. The van der Waals surface area contributed by atoms with Crippen LogP contribution in [0.2, 0.25) is 0 Å². The fourth-order valence-electron chi connectivity index (χ4n) is 3.89. The predicted molar refractivity (Wildman–Crippen MR) is 189 cm³/mol. The molecule has 0 bridgehead atoms. The van der Waals surface area contributed by atoms with E-state index in [0.717, 1.165) is 0 Å². The smallest absolute Gasteiger partial charge is 0.411 e. The molecule has 12 nitrogen and oxygen atoms in total. The van der Waals surface area contributed by atoms with Crippen LogP contribution >= 0.6 is 0 Å². The van der Waals surface area contributed by atoms with Crippen molar-refractivity contribution in [2.24, 2.45) is 0 Å². The first-order valence-corrected chi connectivity index (χ1v) is 16.5. The van der Waals surface area contributed by atoms with E-state index in [1.165, 1.54) is 14.7 Å². The molecule has 0 aliphatic rings. The standard InChI is InChI=1S/C36H62N4O8/c1-15-21-37(29(41)45-33(3,4)5)25-19-27-39(31(43)47-35(9,10)11)23-17-18-24-40(32(44)48-36(12,13)14)28-20-26-38(22-16-2)30(42)46-34(6,7)8/h1,16-18H,2,19-28H2,3-14H3. The van der Waals surface area contributed by atoms with E-state index in [9.17, 15) is 19.2 Å². The summed E-state index contributed by atoms with van der Waals surface area (Å²) in [5.74, 6) is 2.48. The van der Waals surface area contributed by atoms with Crippen molar-refractivity contribution < 1.29 is 38.1 Å². The third kappa shape index (κ3) is 21.8. The topological polar surface area (TPSA) is 118 Å². The van der Waals surface area contributed by atoms with Gasteiger partial charge in [-0.3, -0.25) is 4.90 Å². The molecule has 4 amide bonds. The lowest BCUT2D eigenvalue weighted by atomic mass is 10.2. The number of ether oxygens (including phenoxy) is 4. The fraction of sp³-hybridized carbons (Fsp3) is 0.722. The van der Waals surface area contributed by atoms with Crippen LogP contribution in [0.5, 0.6) is 0 Å². The molecule has 48 heavy (non-hydrogen) atoms. The highest BCUT2D eigenvalue weighted by Gasteiger charge is 2.26. The Morgan fingerprint density at radius 3 is 1.08 bits per heavy atom. The van der Waals surface area contributed by atoms with Crippen LogP contribution in [0.25, 0.3) is 0 Å². The number of carbonyl (C=O) groups excluding carboxylic acids is 4.